The van der Waals surface area contributed by atoms with Crippen molar-refractivity contribution in [2.45, 2.75) is 19.6 Å². The second-order valence-electron chi connectivity index (χ2n) is 6.44. The standard InChI is InChI=1S/C23H22N2O2/c1-17(18-9-4-3-5-10-18)25-22-14-7-6-13-21(22)24-23(25)16-27-20-12-8-11-19(15-20)26-2/h3-15,17H,16H2,1-2H3. The third-order valence-corrected chi connectivity index (χ3v) is 4.75. The maximum Gasteiger partial charge on any atom is 0.148 e. The van der Waals surface area contributed by atoms with Crippen LogP contribution >= 0.6 is 0 Å². The van der Waals surface area contributed by atoms with E-state index in [1.807, 2.05) is 48.5 Å². The molecule has 1 unspecified atom stereocenters. The Morgan fingerprint density at radius 1 is 0.889 bits per heavy atom. The average molecular weight is 358 g/mol. The Bertz CT molecular complexity index is 1040. The van der Waals surface area contributed by atoms with E-state index in [-0.39, 0.29) is 6.04 Å². The monoisotopic (exact) mass is 358 g/mol. The molecule has 27 heavy (non-hydrogen) atoms. The summed E-state index contributed by atoms with van der Waals surface area (Å²) in [5, 5.41) is 0. The molecule has 1 heterocycles. The highest BCUT2D eigenvalue weighted by Crippen LogP contribution is 2.27. The van der Waals surface area contributed by atoms with Crippen molar-refractivity contribution in [2.24, 2.45) is 0 Å². The lowest BCUT2D eigenvalue weighted by molar-refractivity contribution is 0.286. The Labute approximate surface area is 159 Å². The van der Waals surface area contributed by atoms with Crippen LogP contribution in [0, 0.1) is 0 Å². The van der Waals surface area contributed by atoms with Gasteiger partial charge in [0.25, 0.3) is 0 Å². The molecule has 0 N–H and O–H groups in total. The summed E-state index contributed by atoms with van der Waals surface area (Å²) in [5.41, 5.74) is 3.32. The quantitative estimate of drug-likeness (QED) is 0.473. The van der Waals surface area contributed by atoms with E-state index in [1.54, 1.807) is 7.11 Å². The second-order valence-corrected chi connectivity index (χ2v) is 6.44. The minimum Gasteiger partial charge on any atom is -0.497 e. The zero-order chi connectivity index (χ0) is 18.6. The third kappa shape index (κ3) is 3.51. The number of nitrogens with zero attached hydrogens (tertiary/aromatic N) is 2. The van der Waals surface area contributed by atoms with Gasteiger partial charge in [0.1, 0.15) is 23.9 Å². The van der Waals surface area contributed by atoms with E-state index in [1.165, 1.54) is 5.56 Å². The fourth-order valence-electron chi connectivity index (χ4n) is 3.35. The first kappa shape index (κ1) is 17.2. The molecule has 136 valence electrons. The number of benzene rings is 3. The number of para-hydroxylation sites is 2. The zero-order valence-electron chi connectivity index (χ0n) is 15.5. The molecule has 0 radical (unpaired) electrons. The summed E-state index contributed by atoms with van der Waals surface area (Å²) in [6.45, 7) is 2.58. The van der Waals surface area contributed by atoms with E-state index in [4.69, 9.17) is 14.5 Å². The molecule has 1 atom stereocenters. The van der Waals surface area contributed by atoms with Gasteiger partial charge in [-0.1, -0.05) is 48.5 Å². The molecular formula is C23H22N2O2. The molecule has 0 aliphatic rings. The summed E-state index contributed by atoms with van der Waals surface area (Å²) in [5.74, 6) is 2.44. The first-order valence-corrected chi connectivity index (χ1v) is 9.04. The highest BCUT2D eigenvalue weighted by atomic mass is 16.5. The highest BCUT2D eigenvalue weighted by Gasteiger charge is 2.17. The molecule has 3 aromatic carbocycles. The van der Waals surface area contributed by atoms with Gasteiger partial charge in [0.2, 0.25) is 0 Å². The molecular weight excluding hydrogens is 336 g/mol. The first-order valence-electron chi connectivity index (χ1n) is 9.04. The van der Waals surface area contributed by atoms with Gasteiger partial charge in [-0.2, -0.15) is 0 Å². The van der Waals surface area contributed by atoms with Crippen LogP contribution in [0.4, 0.5) is 0 Å². The Balaban J connectivity index is 1.69. The van der Waals surface area contributed by atoms with Crippen molar-refractivity contribution in [1.29, 1.82) is 0 Å². The van der Waals surface area contributed by atoms with Crippen LogP contribution in [0.15, 0.2) is 78.9 Å². The largest absolute Gasteiger partial charge is 0.497 e. The van der Waals surface area contributed by atoms with Crippen molar-refractivity contribution in [3.63, 3.8) is 0 Å². The summed E-state index contributed by atoms with van der Waals surface area (Å²) in [4.78, 5) is 4.82. The van der Waals surface area contributed by atoms with E-state index in [9.17, 15) is 0 Å². The fraction of sp³-hybridized carbons (Fsp3) is 0.174. The van der Waals surface area contributed by atoms with E-state index in [0.717, 1.165) is 28.4 Å². The van der Waals surface area contributed by atoms with E-state index in [2.05, 4.69) is 41.8 Å². The van der Waals surface area contributed by atoms with Crippen LogP contribution in [-0.2, 0) is 6.61 Å². The highest BCUT2D eigenvalue weighted by molar-refractivity contribution is 5.76. The second kappa shape index (κ2) is 7.54. The molecule has 1 aromatic heterocycles. The van der Waals surface area contributed by atoms with Gasteiger partial charge < -0.3 is 14.0 Å². The number of methoxy groups -OCH3 is 1. The Hall–Kier alpha value is -3.27. The summed E-state index contributed by atoms with van der Waals surface area (Å²) in [6, 6.07) is 26.5. The van der Waals surface area contributed by atoms with Crippen LogP contribution in [0.25, 0.3) is 11.0 Å². The molecule has 4 nitrogen and oxygen atoms in total. The van der Waals surface area contributed by atoms with Crippen molar-refractivity contribution in [3.05, 3.63) is 90.3 Å². The lowest BCUT2D eigenvalue weighted by Gasteiger charge is -2.18. The van der Waals surface area contributed by atoms with Crippen LogP contribution in [-0.4, -0.2) is 16.7 Å². The van der Waals surface area contributed by atoms with Crippen molar-refractivity contribution in [1.82, 2.24) is 9.55 Å². The van der Waals surface area contributed by atoms with E-state index in [0.29, 0.717) is 6.61 Å². The fourth-order valence-corrected chi connectivity index (χ4v) is 3.35. The normalized spacial score (nSPS) is 12.1. The number of aromatic nitrogens is 2. The number of rotatable bonds is 6. The summed E-state index contributed by atoms with van der Waals surface area (Å²) < 4.78 is 13.6. The third-order valence-electron chi connectivity index (χ3n) is 4.75. The predicted octanol–water partition coefficient (Wildman–Crippen LogP) is 5.23. The molecule has 0 amide bonds. The zero-order valence-corrected chi connectivity index (χ0v) is 15.5. The number of hydrogen-bond acceptors (Lipinski definition) is 3. The molecule has 0 bridgehead atoms. The number of imidazole rings is 1. The van der Waals surface area contributed by atoms with Crippen LogP contribution in [0.2, 0.25) is 0 Å². The van der Waals surface area contributed by atoms with Gasteiger partial charge >= 0.3 is 0 Å². The maximum absolute atomic E-state index is 6.03. The maximum atomic E-state index is 6.03. The predicted molar refractivity (Wildman–Crippen MR) is 107 cm³/mol. The summed E-state index contributed by atoms with van der Waals surface area (Å²) >= 11 is 0. The van der Waals surface area contributed by atoms with Crippen molar-refractivity contribution in [2.75, 3.05) is 7.11 Å². The van der Waals surface area contributed by atoms with Crippen molar-refractivity contribution >= 4 is 11.0 Å². The first-order chi connectivity index (χ1) is 13.3. The lowest BCUT2D eigenvalue weighted by Crippen LogP contribution is -2.12. The summed E-state index contributed by atoms with van der Waals surface area (Å²) in [6.07, 6.45) is 0. The van der Waals surface area contributed by atoms with Crippen LogP contribution in [0.3, 0.4) is 0 Å². The van der Waals surface area contributed by atoms with Crippen molar-refractivity contribution < 1.29 is 9.47 Å². The van der Waals surface area contributed by atoms with Gasteiger partial charge in [0, 0.05) is 6.07 Å². The average Bonchev–Trinajstić information content (AvgIpc) is 3.11. The van der Waals surface area contributed by atoms with Gasteiger partial charge in [-0.3, -0.25) is 0 Å². The number of fused-ring (bicyclic) bond motifs is 1. The molecule has 4 heteroatoms. The summed E-state index contributed by atoms with van der Waals surface area (Å²) in [7, 11) is 1.65. The molecule has 0 aliphatic heterocycles. The number of ether oxygens (including phenoxy) is 2. The van der Waals surface area contributed by atoms with Crippen LogP contribution in [0.1, 0.15) is 24.4 Å². The lowest BCUT2D eigenvalue weighted by atomic mass is 10.1. The molecule has 0 saturated carbocycles. The van der Waals surface area contributed by atoms with Crippen LogP contribution in [0.5, 0.6) is 11.5 Å². The molecule has 0 saturated heterocycles. The molecule has 4 aromatic rings. The Morgan fingerprint density at radius 2 is 1.63 bits per heavy atom. The minimum atomic E-state index is 0.155. The van der Waals surface area contributed by atoms with Crippen LogP contribution < -0.4 is 9.47 Å². The van der Waals surface area contributed by atoms with E-state index >= 15 is 0 Å². The Kier molecular flexibility index (Phi) is 4.79. The molecule has 0 aliphatic carbocycles. The molecule has 0 fully saturated rings. The van der Waals surface area contributed by atoms with Gasteiger partial charge in [-0.15, -0.1) is 0 Å². The molecule has 0 spiro atoms. The van der Waals surface area contributed by atoms with Gasteiger partial charge in [0.05, 0.1) is 24.2 Å². The topological polar surface area (TPSA) is 36.3 Å². The number of hydrogen-bond donors (Lipinski definition) is 0. The van der Waals surface area contributed by atoms with Crippen molar-refractivity contribution in [3.8, 4) is 11.5 Å². The molecule has 4 rings (SSSR count). The van der Waals surface area contributed by atoms with Gasteiger partial charge in [0.15, 0.2) is 0 Å². The van der Waals surface area contributed by atoms with Gasteiger partial charge in [-0.25, -0.2) is 4.98 Å². The SMILES string of the molecule is COc1cccc(OCc2nc3ccccc3n2C(C)c2ccccc2)c1. The minimum absolute atomic E-state index is 0.155. The smallest absolute Gasteiger partial charge is 0.148 e. The Morgan fingerprint density at radius 3 is 2.44 bits per heavy atom. The van der Waals surface area contributed by atoms with Gasteiger partial charge in [-0.05, 0) is 36.8 Å². The van der Waals surface area contributed by atoms with E-state index < -0.39 is 0 Å².